The van der Waals surface area contributed by atoms with E-state index in [0.29, 0.717) is 16.9 Å². The molecule has 0 fully saturated rings. The third kappa shape index (κ3) is 3.40. The number of methoxy groups -OCH3 is 1. The van der Waals surface area contributed by atoms with Crippen molar-refractivity contribution in [1.82, 2.24) is 9.78 Å². The van der Waals surface area contributed by atoms with E-state index in [2.05, 4.69) is 10.4 Å². The van der Waals surface area contributed by atoms with Crippen LogP contribution in [0, 0.1) is 13.8 Å². The van der Waals surface area contributed by atoms with Gasteiger partial charge in [0.1, 0.15) is 11.3 Å². The number of carbonyl (C=O) groups excluding carboxylic acids is 1. The molecule has 0 radical (unpaired) electrons. The van der Waals surface area contributed by atoms with Crippen LogP contribution in [0.15, 0.2) is 18.2 Å². The smallest absolute Gasteiger partial charge is 0.339 e. The van der Waals surface area contributed by atoms with Crippen molar-refractivity contribution in [2.75, 3.05) is 12.4 Å². The van der Waals surface area contributed by atoms with Crippen LogP contribution in [0.25, 0.3) is 0 Å². The van der Waals surface area contributed by atoms with Crippen LogP contribution in [0.4, 0.5) is 5.69 Å². The van der Waals surface area contributed by atoms with Gasteiger partial charge in [-0.2, -0.15) is 5.10 Å². The molecule has 1 heterocycles. The molecule has 128 valence electrons. The zero-order valence-corrected chi connectivity index (χ0v) is 14.2. The van der Waals surface area contributed by atoms with E-state index in [9.17, 15) is 9.59 Å². The number of carbonyl (C=O) groups is 2. The standard InChI is InChI=1S/C17H21N3O4/c1-5-8-20-11(3)15(10(2)19-20)16(21)18-12-6-7-13(17(22)23)14(9-12)24-4/h6-7,9H,5,8H2,1-4H3,(H,18,21)(H,22,23). The average molecular weight is 331 g/mol. The number of amides is 1. The highest BCUT2D eigenvalue weighted by Crippen LogP contribution is 2.24. The molecular formula is C17H21N3O4. The van der Waals surface area contributed by atoms with Gasteiger partial charge in [0.05, 0.1) is 18.4 Å². The minimum atomic E-state index is -1.09. The maximum atomic E-state index is 12.6. The zero-order chi connectivity index (χ0) is 17.9. The molecule has 2 N–H and O–H groups in total. The fraction of sp³-hybridized carbons (Fsp3) is 0.353. The Labute approximate surface area is 140 Å². The maximum absolute atomic E-state index is 12.6. The molecule has 0 saturated carbocycles. The monoisotopic (exact) mass is 331 g/mol. The van der Waals surface area contributed by atoms with Gasteiger partial charge in [0, 0.05) is 24.0 Å². The van der Waals surface area contributed by atoms with E-state index in [4.69, 9.17) is 9.84 Å². The molecule has 0 spiro atoms. The number of aromatic nitrogens is 2. The summed E-state index contributed by atoms with van der Waals surface area (Å²) < 4.78 is 6.89. The summed E-state index contributed by atoms with van der Waals surface area (Å²) in [6, 6.07) is 4.42. The molecule has 2 aromatic rings. The number of rotatable bonds is 6. The average Bonchev–Trinajstić information content (AvgIpc) is 2.81. The molecule has 24 heavy (non-hydrogen) atoms. The fourth-order valence-electron chi connectivity index (χ4n) is 2.59. The van der Waals surface area contributed by atoms with Crippen molar-refractivity contribution in [1.29, 1.82) is 0 Å². The normalized spacial score (nSPS) is 10.5. The first-order valence-corrected chi connectivity index (χ1v) is 7.65. The second-order valence-electron chi connectivity index (χ2n) is 5.44. The van der Waals surface area contributed by atoms with Gasteiger partial charge in [-0.25, -0.2) is 4.79 Å². The van der Waals surface area contributed by atoms with Crippen molar-refractivity contribution in [2.24, 2.45) is 0 Å². The fourth-order valence-corrected chi connectivity index (χ4v) is 2.59. The maximum Gasteiger partial charge on any atom is 0.339 e. The second kappa shape index (κ2) is 7.16. The van der Waals surface area contributed by atoms with Gasteiger partial charge in [-0.05, 0) is 32.4 Å². The van der Waals surface area contributed by atoms with Gasteiger partial charge in [0.25, 0.3) is 5.91 Å². The van der Waals surface area contributed by atoms with Crippen molar-refractivity contribution in [3.63, 3.8) is 0 Å². The zero-order valence-electron chi connectivity index (χ0n) is 14.2. The summed E-state index contributed by atoms with van der Waals surface area (Å²) in [5, 5.41) is 16.3. The van der Waals surface area contributed by atoms with Crippen LogP contribution >= 0.6 is 0 Å². The van der Waals surface area contributed by atoms with Crippen molar-refractivity contribution in [3.05, 3.63) is 40.7 Å². The Morgan fingerprint density at radius 1 is 1.33 bits per heavy atom. The number of aromatic carboxylic acids is 1. The van der Waals surface area contributed by atoms with E-state index in [-0.39, 0.29) is 17.2 Å². The lowest BCUT2D eigenvalue weighted by Gasteiger charge is -2.10. The lowest BCUT2D eigenvalue weighted by atomic mass is 10.1. The molecule has 7 nitrogen and oxygen atoms in total. The molecule has 0 saturated heterocycles. The van der Waals surface area contributed by atoms with Crippen LogP contribution < -0.4 is 10.1 Å². The molecule has 1 aromatic heterocycles. The first-order valence-electron chi connectivity index (χ1n) is 7.65. The largest absolute Gasteiger partial charge is 0.496 e. The molecule has 0 unspecified atom stereocenters. The molecule has 0 aliphatic carbocycles. The Morgan fingerprint density at radius 2 is 2.04 bits per heavy atom. The van der Waals surface area contributed by atoms with Gasteiger partial charge in [-0.3, -0.25) is 9.48 Å². The summed E-state index contributed by atoms with van der Waals surface area (Å²) in [5.41, 5.74) is 2.50. The molecule has 7 heteroatoms. The first kappa shape index (κ1) is 17.5. The number of hydrogen-bond acceptors (Lipinski definition) is 4. The SMILES string of the molecule is CCCn1nc(C)c(C(=O)Nc2ccc(C(=O)O)c(OC)c2)c1C. The van der Waals surface area contributed by atoms with E-state index in [1.54, 1.807) is 6.92 Å². The Balaban J connectivity index is 2.29. The minimum Gasteiger partial charge on any atom is -0.496 e. The van der Waals surface area contributed by atoms with Crippen LogP contribution in [0.1, 0.15) is 45.4 Å². The van der Waals surface area contributed by atoms with Gasteiger partial charge in [0.15, 0.2) is 0 Å². The lowest BCUT2D eigenvalue weighted by molar-refractivity contribution is 0.0693. The van der Waals surface area contributed by atoms with E-state index in [0.717, 1.165) is 18.7 Å². The molecule has 1 amide bonds. The van der Waals surface area contributed by atoms with Crippen molar-refractivity contribution in [3.8, 4) is 5.75 Å². The number of carboxylic acids is 1. The van der Waals surface area contributed by atoms with Gasteiger partial charge < -0.3 is 15.2 Å². The quantitative estimate of drug-likeness (QED) is 0.849. The predicted molar refractivity (Wildman–Crippen MR) is 89.9 cm³/mol. The Kier molecular flexibility index (Phi) is 5.23. The van der Waals surface area contributed by atoms with E-state index < -0.39 is 5.97 Å². The van der Waals surface area contributed by atoms with Gasteiger partial charge in [0.2, 0.25) is 0 Å². The summed E-state index contributed by atoms with van der Waals surface area (Å²) >= 11 is 0. The van der Waals surface area contributed by atoms with Crippen molar-refractivity contribution in [2.45, 2.75) is 33.7 Å². The highest BCUT2D eigenvalue weighted by atomic mass is 16.5. The highest BCUT2D eigenvalue weighted by molar-refractivity contribution is 6.06. The van der Waals surface area contributed by atoms with E-state index in [1.165, 1.54) is 25.3 Å². The Hall–Kier alpha value is -2.83. The van der Waals surface area contributed by atoms with Crippen LogP contribution in [0.2, 0.25) is 0 Å². The summed E-state index contributed by atoms with van der Waals surface area (Å²) in [6.45, 7) is 6.45. The number of aryl methyl sites for hydroxylation is 2. The number of benzene rings is 1. The third-order valence-electron chi connectivity index (χ3n) is 3.73. The van der Waals surface area contributed by atoms with E-state index >= 15 is 0 Å². The molecule has 0 aliphatic rings. The van der Waals surface area contributed by atoms with Crippen LogP contribution in [0.5, 0.6) is 5.75 Å². The molecule has 2 rings (SSSR count). The number of nitrogens with zero attached hydrogens (tertiary/aromatic N) is 2. The van der Waals surface area contributed by atoms with Crippen LogP contribution in [-0.4, -0.2) is 33.9 Å². The minimum absolute atomic E-state index is 0.0404. The molecule has 0 atom stereocenters. The number of nitrogens with one attached hydrogen (secondary N) is 1. The van der Waals surface area contributed by atoms with E-state index in [1.807, 2.05) is 18.5 Å². The van der Waals surface area contributed by atoms with Gasteiger partial charge >= 0.3 is 5.97 Å². The third-order valence-corrected chi connectivity index (χ3v) is 3.73. The number of ether oxygens (including phenoxy) is 1. The molecule has 0 bridgehead atoms. The summed E-state index contributed by atoms with van der Waals surface area (Å²) in [5.74, 6) is -1.18. The van der Waals surface area contributed by atoms with Gasteiger partial charge in [-0.15, -0.1) is 0 Å². The van der Waals surface area contributed by atoms with Crippen LogP contribution in [0.3, 0.4) is 0 Å². The van der Waals surface area contributed by atoms with Crippen LogP contribution in [-0.2, 0) is 6.54 Å². The summed E-state index contributed by atoms with van der Waals surface area (Å²) in [7, 11) is 1.39. The first-order chi connectivity index (χ1) is 11.4. The predicted octanol–water partition coefficient (Wildman–Crippen LogP) is 2.87. The number of hydrogen-bond donors (Lipinski definition) is 2. The second-order valence-corrected chi connectivity index (χ2v) is 5.44. The number of carboxylic acid groups (broad SMARTS) is 1. The molecular weight excluding hydrogens is 310 g/mol. The molecule has 1 aromatic carbocycles. The summed E-state index contributed by atoms with van der Waals surface area (Å²) in [6.07, 6.45) is 0.927. The van der Waals surface area contributed by atoms with Gasteiger partial charge in [-0.1, -0.05) is 6.92 Å². The molecule has 0 aliphatic heterocycles. The highest BCUT2D eigenvalue weighted by Gasteiger charge is 2.19. The summed E-state index contributed by atoms with van der Waals surface area (Å²) in [4.78, 5) is 23.7. The topological polar surface area (TPSA) is 93.5 Å². The van der Waals surface area contributed by atoms with Crippen molar-refractivity contribution >= 4 is 17.6 Å². The van der Waals surface area contributed by atoms with Crippen molar-refractivity contribution < 1.29 is 19.4 Å². The number of anilines is 1. The Bertz CT molecular complexity index is 780. The lowest BCUT2D eigenvalue weighted by Crippen LogP contribution is -2.14. The Morgan fingerprint density at radius 3 is 2.62 bits per heavy atom.